The van der Waals surface area contributed by atoms with Gasteiger partial charge in [0.25, 0.3) is 0 Å². The zero-order chi connectivity index (χ0) is 18.8. The van der Waals surface area contributed by atoms with Crippen LogP contribution in [-0.4, -0.2) is 52.7 Å². The fraction of sp³-hybridized carbons (Fsp3) is 0.333. The van der Waals surface area contributed by atoms with Gasteiger partial charge in [0.1, 0.15) is 5.82 Å². The van der Waals surface area contributed by atoms with Crippen molar-refractivity contribution in [2.75, 3.05) is 47.4 Å². The van der Waals surface area contributed by atoms with E-state index in [9.17, 15) is 0 Å². The third-order valence-electron chi connectivity index (χ3n) is 5.41. The molecule has 3 aromatic rings. The predicted molar refractivity (Wildman–Crippen MR) is 110 cm³/mol. The second kappa shape index (κ2) is 7.42. The SMILES string of the molecule is c1cnc(N2CCN(c3nccc(N4CCCc5ccccc54)n3)CC2)nc1. The maximum Gasteiger partial charge on any atom is 0.227 e. The van der Waals surface area contributed by atoms with Crippen LogP contribution in [0.25, 0.3) is 0 Å². The van der Waals surface area contributed by atoms with Crippen LogP contribution >= 0.6 is 0 Å². The number of piperazine rings is 1. The molecule has 0 amide bonds. The molecule has 7 heteroatoms. The first-order valence-corrected chi connectivity index (χ1v) is 9.84. The van der Waals surface area contributed by atoms with Gasteiger partial charge >= 0.3 is 0 Å². The molecule has 1 aromatic carbocycles. The van der Waals surface area contributed by atoms with E-state index in [4.69, 9.17) is 4.98 Å². The third kappa shape index (κ3) is 3.24. The van der Waals surface area contributed by atoms with E-state index in [1.165, 1.54) is 11.3 Å². The zero-order valence-corrected chi connectivity index (χ0v) is 15.8. The van der Waals surface area contributed by atoms with Gasteiger partial charge in [-0.15, -0.1) is 0 Å². The van der Waals surface area contributed by atoms with E-state index in [1.54, 1.807) is 12.4 Å². The Kier molecular flexibility index (Phi) is 4.48. The third-order valence-corrected chi connectivity index (χ3v) is 5.41. The summed E-state index contributed by atoms with van der Waals surface area (Å²) in [4.78, 5) is 24.9. The summed E-state index contributed by atoms with van der Waals surface area (Å²) >= 11 is 0. The van der Waals surface area contributed by atoms with Crippen LogP contribution in [-0.2, 0) is 6.42 Å². The van der Waals surface area contributed by atoms with Crippen molar-refractivity contribution in [1.82, 2.24) is 19.9 Å². The predicted octanol–water partition coefficient (Wildman–Crippen LogP) is 2.68. The van der Waals surface area contributed by atoms with E-state index in [0.717, 1.165) is 63.3 Å². The largest absolute Gasteiger partial charge is 0.337 e. The Balaban J connectivity index is 1.33. The second-order valence-corrected chi connectivity index (χ2v) is 7.12. The topological polar surface area (TPSA) is 61.3 Å². The summed E-state index contributed by atoms with van der Waals surface area (Å²) < 4.78 is 0. The van der Waals surface area contributed by atoms with Gasteiger partial charge in [-0.05, 0) is 36.6 Å². The van der Waals surface area contributed by atoms with E-state index in [-0.39, 0.29) is 0 Å². The summed E-state index contributed by atoms with van der Waals surface area (Å²) in [5.41, 5.74) is 2.66. The van der Waals surface area contributed by atoms with Crippen molar-refractivity contribution in [3.05, 3.63) is 60.6 Å². The molecule has 0 unspecified atom stereocenters. The molecule has 7 nitrogen and oxygen atoms in total. The highest BCUT2D eigenvalue weighted by Gasteiger charge is 2.23. The number of hydrogen-bond acceptors (Lipinski definition) is 7. The average Bonchev–Trinajstić information content (AvgIpc) is 2.79. The lowest BCUT2D eigenvalue weighted by Gasteiger charge is -2.35. The Morgan fingerprint density at radius 3 is 2.21 bits per heavy atom. The number of hydrogen-bond donors (Lipinski definition) is 0. The Labute approximate surface area is 164 Å². The summed E-state index contributed by atoms with van der Waals surface area (Å²) in [6.07, 6.45) is 7.73. The maximum absolute atomic E-state index is 4.91. The molecule has 1 saturated heterocycles. The van der Waals surface area contributed by atoms with Crippen molar-refractivity contribution in [1.29, 1.82) is 0 Å². The lowest BCUT2D eigenvalue weighted by atomic mass is 10.0. The minimum atomic E-state index is 0.793. The lowest BCUT2D eigenvalue weighted by molar-refractivity contribution is 0.627. The molecule has 2 aliphatic heterocycles. The van der Waals surface area contributed by atoms with Crippen LogP contribution in [0.15, 0.2) is 55.0 Å². The summed E-state index contributed by atoms with van der Waals surface area (Å²) in [6.45, 7) is 4.44. The van der Waals surface area contributed by atoms with Crippen LogP contribution < -0.4 is 14.7 Å². The van der Waals surface area contributed by atoms with Crippen molar-refractivity contribution in [2.24, 2.45) is 0 Å². The Morgan fingerprint density at radius 1 is 0.679 bits per heavy atom. The van der Waals surface area contributed by atoms with Crippen LogP contribution in [0, 0.1) is 0 Å². The Bertz CT molecular complexity index is 938. The number of aryl methyl sites for hydroxylation is 1. The summed E-state index contributed by atoms with van der Waals surface area (Å²) in [5, 5.41) is 0. The van der Waals surface area contributed by atoms with Gasteiger partial charge in [-0.3, -0.25) is 0 Å². The number of rotatable bonds is 3. The molecule has 28 heavy (non-hydrogen) atoms. The molecule has 0 radical (unpaired) electrons. The Hall–Kier alpha value is -3.22. The lowest BCUT2D eigenvalue weighted by Crippen LogP contribution is -2.47. The number of fused-ring (bicyclic) bond motifs is 1. The molecular formula is C21H23N7. The highest BCUT2D eigenvalue weighted by molar-refractivity contribution is 5.65. The van der Waals surface area contributed by atoms with Crippen molar-refractivity contribution < 1.29 is 0 Å². The van der Waals surface area contributed by atoms with E-state index in [1.807, 2.05) is 18.3 Å². The van der Waals surface area contributed by atoms with Gasteiger partial charge in [-0.1, -0.05) is 18.2 Å². The van der Waals surface area contributed by atoms with E-state index in [0.29, 0.717) is 0 Å². The molecule has 0 spiro atoms. The standard InChI is InChI=1S/C21H23N7/c1-2-7-18-17(5-1)6-3-12-28(18)19-8-11-24-21(25-19)27-15-13-26(14-16-27)20-22-9-4-10-23-20/h1-2,4-5,7-11H,3,6,12-16H2. The fourth-order valence-corrected chi connectivity index (χ4v) is 3.97. The average molecular weight is 373 g/mol. The van der Waals surface area contributed by atoms with Gasteiger partial charge in [-0.25, -0.2) is 15.0 Å². The molecule has 142 valence electrons. The Morgan fingerprint density at radius 2 is 1.39 bits per heavy atom. The van der Waals surface area contributed by atoms with Crippen molar-refractivity contribution >= 4 is 23.4 Å². The van der Waals surface area contributed by atoms with Crippen molar-refractivity contribution in [3.8, 4) is 0 Å². The van der Waals surface area contributed by atoms with Crippen LogP contribution in [0.4, 0.5) is 23.4 Å². The first kappa shape index (κ1) is 16.9. The van der Waals surface area contributed by atoms with Gasteiger partial charge in [0.2, 0.25) is 11.9 Å². The molecule has 0 bridgehead atoms. The van der Waals surface area contributed by atoms with Gasteiger partial charge in [-0.2, -0.15) is 4.98 Å². The van der Waals surface area contributed by atoms with Crippen molar-refractivity contribution in [2.45, 2.75) is 12.8 Å². The van der Waals surface area contributed by atoms with Crippen LogP contribution in [0.1, 0.15) is 12.0 Å². The first-order chi connectivity index (χ1) is 13.9. The van der Waals surface area contributed by atoms with Crippen LogP contribution in [0.5, 0.6) is 0 Å². The molecular weight excluding hydrogens is 350 g/mol. The molecule has 2 aromatic heterocycles. The number of para-hydroxylation sites is 1. The summed E-state index contributed by atoms with van der Waals surface area (Å²) in [6, 6.07) is 12.5. The molecule has 2 aliphatic rings. The van der Waals surface area contributed by atoms with E-state index in [2.05, 4.69) is 53.9 Å². The molecule has 1 fully saturated rings. The number of aromatic nitrogens is 4. The van der Waals surface area contributed by atoms with E-state index >= 15 is 0 Å². The normalized spacial score (nSPS) is 16.8. The summed E-state index contributed by atoms with van der Waals surface area (Å²) in [7, 11) is 0. The highest BCUT2D eigenvalue weighted by Crippen LogP contribution is 2.32. The minimum Gasteiger partial charge on any atom is -0.337 e. The molecule has 0 saturated carbocycles. The molecule has 0 N–H and O–H groups in total. The first-order valence-electron chi connectivity index (χ1n) is 9.84. The number of anilines is 4. The minimum absolute atomic E-state index is 0.793. The zero-order valence-electron chi connectivity index (χ0n) is 15.8. The smallest absolute Gasteiger partial charge is 0.227 e. The van der Waals surface area contributed by atoms with Gasteiger partial charge in [0.15, 0.2) is 0 Å². The summed E-state index contributed by atoms with van der Waals surface area (Å²) in [5.74, 6) is 2.57. The number of nitrogens with zero attached hydrogens (tertiary/aromatic N) is 7. The molecule has 0 atom stereocenters. The van der Waals surface area contributed by atoms with Gasteiger partial charge in [0.05, 0.1) is 0 Å². The fourth-order valence-electron chi connectivity index (χ4n) is 3.97. The maximum atomic E-state index is 4.91. The van der Waals surface area contributed by atoms with Crippen LogP contribution in [0.2, 0.25) is 0 Å². The molecule has 5 rings (SSSR count). The molecule has 0 aliphatic carbocycles. The van der Waals surface area contributed by atoms with Crippen molar-refractivity contribution in [3.63, 3.8) is 0 Å². The van der Waals surface area contributed by atoms with Gasteiger partial charge < -0.3 is 14.7 Å². The highest BCUT2D eigenvalue weighted by atomic mass is 15.4. The molecule has 4 heterocycles. The van der Waals surface area contributed by atoms with Crippen LogP contribution in [0.3, 0.4) is 0 Å². The quantitative estimate of drug-likeness (QED) is 0.699. The van der Waals surface area contributed by atoms with E-state index < -0.39 is 0 Å². The second-order valence-electron chi connectivity index (χ2n) is 7.12. The van der Waals surface area contributed by atoms with Gasteiger partial charge in [0, 0.05) is 57.0 Å². The monoisotopic (exact) mass is 373 g/mol. The number of benzene rings is 1.